The van der Waals surface area contributed by atoms with Gasteiger partial charge in [-0.1, -0.05) is 12.1 Å². The number of ether oxygens (including phenoxy) is 1. The van der Waals surface area contributed by atoms with E-state index < -0.39 is 23.5 Å². The Morgan fingerprint density at radius 1 is 1.13 bits per heavy atom. The minimum Gasteiger partial charge on any atom is -0.507 e. The van der Waals surface area contributed by atoms with Crippen LogP contribution in [0.1, 0.15) is 23.4 Å². The molecule has 1 unspecified atom stereocenters. The third-order valence-electron chi connectivity index (χ3n) is 4.78. The molecule has 1 aromatic heterocycles. The lowest BCUT2D eigenvalue weighted by Crippen LogP contribution is -2.29. The first-order valence-corrected chi connectivity index (χ1v) is 10.2. The van der Waals surface area contributed by atoms with Gasteiger partial charge < -0.3 is 9.84 Å². The third-order valence-corrected chi connectivity index (χ3v) is 5.71. The summed E-state index contributed by atoms with van der Waals surface area (Å²) in [5, 5.41) is 12.8. The predicted octanol–water partition coefficient (Wildman–Crippen LogP) is 4.91. The van der Waals surface area contributed by atoms with Crippen molar-refractivity contribution in [2.45, 2.75) is 13.0 Å². The van der Waals surface area contributed by atoms with Crippen LogP contribution in [0.25, 0.3) is 5.76 Å². The highest BCUT2D eigenvalue weighted by Crippen LogP contribution is 2.43. The van der Waals surface area contributed by atoms with E-state index in [9.17, 15) is 19.1 Å². The van der Waals surface area contributed by atoms with Crippen LogP contribution in [0.2, 0.25) is 0 Å². The topological polar surface area (TPSA) is 66.8 Å². The molecule has 0 saturated carbocycles. The zero-order valence-corrected chi connectivity index (χ0v) is 16.9. The first-order chi connectivity index (χ1) is 14.5. The molecule has 0 spiro atoms. The number of halogens is 1. The molecule has 2 heterocycles. The predicted molar refractivity (Wildman–Crippen MR) is 113 cm³/mol. The van der Waals surface area contributed by atoms with Gasteiger partial charge in [0, 0.05) is 16.1 Å². The lowest BCUT2D eigenvalue weighted by Gasteiger charge is -2.24. The highest BCUT2D eigenvalue weighted by Gasteiger charge is 2.47. The molecule has 1 amide bonds. The summed E-state index contributed by atoms with van der Waals surface area (Å²) in [6.45, 7) is 2.37. The monoisotopic (exact) mass is 423 g/mol. The van der Waals surface area contributed by atoms with Crippen molar-refractivity contribution in [3.63, 3.8) is 0 Å². The molecule has 7 heteroatoms. The molecule has 1 atom stereocenters. The molecule has 0 bridgehead atoms. The van der Waals surface area contributed by atoms with Crippen molar-refractivity contribution in [2.75, 3.05) is 11.5 Å². The number of ketones is 1. The number of rotatable bonds is 5. The Balaban J connectivity index is 1.86. The zero-order valence-electron chi connectivity index (χ0n) is 16.0. The molecule has 4 rings (SSSR count). The quantitative estimate of drug-likeness (QED) is 0.360. The van der Waals surface area contributed by atoms with Gasteiger partial charge >= 0.3 is 0 Å². The second-order valence-electron chi connectivity index (χ2n) is 6.62. The molecule has 1 fully saturated rings. The van der Waals surface area contributed by atoms with E-state index in [1.807, 2.05) is 12.3 Å². The number of nitrogens with zero attached hydrogens (tertiary/aromatic N) is 1. The van der Waals surface area contributed by atoms with Gasteiger partial charge in [-0.05, 0) is 60.8 Å². The van der Waals surface area contributed by atoms with Crippen LogP contribution < -0.4 is 9.64 Å². The van der Waals surface area contributed by atoms with Crippen LogP contribution in [0, 0.1) is 5.82 Å². The van der Waals surface area contributed by atoms with E-state index >= 15 is 0 Å². The minimum absolute atomic E-state index is 0.0316. The number of anilines is 1. The molecule has 0 radical (unpaired) electrons. The van der Waals surface area contributed by atoms with E-state index in [1.54, 1.807) is 42.5 Å². The molecular weight excluding hydrogens is 405 g/mol. The third kappa shape index (κ3) is 3.48. The number of hydrogen-bond donors (Lipinski definition) is 1. The molecule has 1 aliphatic heterocycles. The van der Waals surface area contributed by atoms with Crippen molar-refractivity contribution in [2.24, 2.45) is 0 Å². The van der Waals surface area contributed by atoms with Crippen LogP contribution in [0.15, 0.2) is 71.6 Å². The smallest absolute Gasteiger partial charge is 0.300 e. The van der Waals surface area contributed by atoms with E-state index in [0.29, 0.717) is 22.8 Å². The van der Waals surface area contributed by atoms with E-state index in [0.717, 1.165) is 0 Å². The van der Waals surface area contributed by atoms with Gasteiger partial charge in [-0.2, -0.15) is 0 Å². The van der Waals surface area contributed by atoms with E-state index in [2.05, 4.69) is 0 Å². The number of Topliss-reactive ketones (excluding diaryl/α,β-unsaturated/α-hetero) is 1. The number of aliphatic hydroxyl groups excluding tert-OH is 1. The van der Waals surface area contributed by atoms with Crippen LogP contribution in [0.4, 0.5) is 10.1 Å². The van der Waals surface area contributed by atoms with Gasteiger partial charge in [-0.15, -0.1) is 11.3 Å². The largest absolute Gasteiger partial charge is 0.507 e. The van der Waals surface area contributed by atoms with Crippen molar-refractivity contribution in [3.8, 4) is 5.75 Å². The Kier molecular flexibility index (Phi) is 5.37. The summed E-state index contributed by atoms with van der Waals surface area (Å²) in [5.74, 6) is -1.81. The Labute approximate surface area is 176 Å². The molecule has 3 aromatic rings. The number of thiophene rings is 1. The SMILES string of the molecule is CCOc1ccc(/C(O)=C2/C(=O)C(=O)N(c3cccc(F)c3)C2c2cccs2)cc1. The summed E-state index contributed by atoms with van der Waals surface area (Å²) < 4.78 is 19.3. The molecule has 30 heavy (non-hydrogen) atoms. The summed E-state index contributed by atoms with van der Waals surface area (Å²) in [7, 11) is 0. The Morgan fingerprint density at radius 3 is 2.53 bits per heavy atom. The maximum absolute atomic E-state index is 13.8. The number of carbonyl (C=O) groups is 2. The average molecular weight is 423 g/mol. The van der Waals surface area contributed by atoms with Gasteiger partial charge in [-0.25, -0.2) is 4.39 Å². The number of carbonyl (C=O) groups excluding carboxylic acids is 2. The first-order valence-electron chi connectivity index (χ1n) is 9.34. The van der Waals surface area contributed by atoms with Crippen molar-refractivity contribution < 1.29 is 23.8 Å². The summed E-state index contributed by atoms with van der Waals surface area (Å²) in [6.07, 6.45) is 0. The van der Waals surface area contributed by atoms with E-state index in [1.165, 1.54) is 34.4 Å². The van der Waals surface area contributed by atoms with Gasteiger partial charge in [0.15, 0.2) is 0 Å². The van der Waals surface area contributed by atoms with Crippen molar-refractivity contribution >= 4 is 34.5 Å². The molecular formula is C23H18FNO4S. The molecule has 152 valence electrons. The standard InChI is InChI=1S/C23H18FNO4S/c1-2-29-17-10-8-14(9-11-17)21(26)19-20(18-7-4-12-30-18)25(23(28)22(19)27)16-6-3-5-15(24)13-16/h3-13,20,26H,2H2,1H3/b21-19-. The maximum atomic E-state index is 13.8. The fourth-order valence-corrected chi connectivity index (χ4v) is 4.30. The van der Waals surface area contributed by atoms with Crippen LogP contribution in [-0.2, 0) is 9.59 Å². The number of benzene rings is 2. The Morgan fingerprint density at radius 2 is 1.90 bits per heavy atom. The molecule has 5 nitrogen and oxygen atoms in total. The summed E-state index contributed by atoms with van der Waals surface area (Å²) in [4.78, 5) is 27.8. The van der Waals surface area contributed by atoms with Gasteiger partial charge in [0.2, 0.25) is 0 Å². The number of hydrogen-bond acceptors (Lipinski definition) is 5. The van der Waals surface area contributed by atoms with E-state index in [-0.39, 0.29) is 17.0 Å². The Hall–Kier alpha value is -3.45. The van der Waals surface area contributed by atoms with Gasteiger partial charge in [0.1, 0.15) is 23.4 Å². The van der Waals surface area contributed by atoms with Gasteiger partial charge in [0.25, 0.3) is 11.7 Å². The van der Waals surface area contributed by atoms with Crippen LogP contribution in [-0.4, -0.2) is 23.4 Å². The highest BCUT2D eigenvalue weighted by atomic mass is 32.1. The molecule has 0 aliphatic carbocycles. The number of aliphatic hydroxyl groups is 1. The zero-order chi connectivity index (χ0) is 21.3. The fraction of sp³-hybridized carbons (Fsp3) is 0.130. The average Bonchev–Trinajstić information content (AvgIpc) is 3.35. The lowest BCUT2D eigenvalue weighted by molar-refractivity contribution is -0.132. The molecule has 1 aliphatic rings. The Bertz CT molecular complexity index is 1120. The van der Waals surface area contributed by atoms with Crippen LogP contribution >= 0.6 is 11.3 Å². The highest BCUT2D eigenvalue weighted by molar-refractivity contribution is 7.10. The van der Waals surface area contributed by atoms with Gasteiger partial charge in [0.05, 0.1) is 12.2 Å². The minimum atomic E-state index is -0.849. The summed E-state index contributed by atoms with van der Waals surface area (Å²) in [5.41, 5.74) is 0.606. The molecule has 2 aromatic carbocycles. The van der Waals surface area contributed by atoms with Gasteiger partial charge in [-0.3, -0.25) is 14.5 Å². The number of amides is 1. The fourth-order valence-electron chi connectivity index (χ4n) is 3.47. The van der Waals surface area contributed by atoms with Crippen molar-refractivity contribution in [1.82, 2.24) is 0 Å². The second-order valence-corrected chi connectivity index (χ2v) is 7.60. The maximum Gasteiger partial charge on any atom is 0.300 e. The van der Waals surface area contributed by atoms with Crippen molar-refractivity contribution in [3.05, 3.63) is 87.9 Å². The molecule has 1 N–H and O–H groups in total. The normalized spacial score (nSPS) is 18.1. The van der Waals surface area contributed by atoms with Crippen LogP contribution in [0.5, 0.6) is 5.75 Å². The second kappa shape index (κ2) is 8.12. The summed E-state index contributed by atoms with van der Waals surface area (Å²) in [6, 6.07) is 14.8. The first kappa shape index (κ1) is 19.8. The van der Waals surface area contributed by atoms with Crippen molar-refractivity contribution in [1.29, 1.82) is 0 Å². The summed E-state index contributed by atoms with van der Waals surface area (Å²) >= 11 is 1.35. The van der Waals surface area contributed by atoms with Crippen LogP contribution in [0.3, 0.4) is 0 Å². The lowest BCUT2D eigenvalue weighted by atomic mass is 9.99. The molecule has 1 saturated heterocycles. The van der Waals surface area contributed by atoms with E-state index in [4.69, 9.17) is 4.74 Å².